The van der Waals surface area contributed by atoms with Crippen LogP contribution in [0.5, 0.6) is 0 Å². The molecular weight excluding hydrogens is 382 g/mol. The third-order valence-corrected chi connectivity index (χ3v) is 5.39. The maximum Gasteiger partial charge on any atom is 0.313 e. The van der Waals surface area contributed by atoms with E-state index in [-0.39, 0.29) is 18.1 Å². The van der Waals surface area contributed by atoms with Gasteiger partial charge in [0.1, 0.15) is 10.7 Å². The van der Waals surface area contributed by atoms with Gasteiger partial charge in [-0.3, -0.25) is 4.79 Å². The number of hydrogen-bond acceptors (Lipinski definition) is 2. The van der Waals surface area contributed by atoms with Crippen molar-refractivity contribution < 1.29 is 28.6 Å². The highest BCUT2D eigenvalue weighted by Crippen LogP contribution is 3.02. The van der Waals surface area contributed by atoms with E-state index in [2.05, 4.69) is 5.32 Å². The van der Waals surface area contributed by atoms with Crippen molar-refractivity contribution >= 4 is 21.8 Å². The van der Waals surface area contributed by atoms with Crippen molar-refractivity contribution in [3.63, 3.8) is 0 Å². The van der Waals surface area contributed by atoms with E-state index in [4.69, 9.17) is 5.73 Å². The predicted octanol–water partition coefficient (Wildman–Crippen LogP) is 6.21. The van der Waals surface area contributed by atoms with Crippen LogP contribution in [0.4, 0.5) is 29.5 Å². The number of hydrogen-bond donors (Lipinski definition) is 2. The molecule has 1 saturated carbocycles. The first-order valence-electron chi connectivity index (χ1n) is 8.29. The monoisotopic (exact) mass is 406 g/mol. The zero-order valence-corrected chi connectivity index (χ0v) is 15.6. The Morgan fingerprint density at radius 2 is 1.73 bits per heavy atom. The molecule has 26 heavy (non-hydrogen) atoms. The van der Waals surface area contributed by atoms with Gasteiger partial charge in [0.25, 0.3) is 0 Å². The molecule has 0 radical (unpaired) electrons. The number of nitrogens with one attached hydrogen (secondary N) is 1. The Labute approximate surface area is 149 Å². The highest BCUT2D eigenvalue weighted by molar-refractivity contribution is 8.45. The quantitative estimate of drug-likeness (QED) is 0.586. The first-order valence-corrected chi connectivity index (χ1v) is 10.2. The molecule has 1 fully saturated rings. The third-order valence-electron chi connectivity index (χ3n) is 4.25. The highest BCUT2D eigenvalue weighted by Gasteiger charge is 2.67. The lowest BCUT2D eigenvalue weighted by atomic mass is 9.78. The van der Waals surface area contributed by atoms with E-state index in [1.54, 1.807) is 0 Å². The maximum absolute atomic E-state index is 13.3. The second-order valence-electron chi connectivity index (χ2n) is 6.20. The number of anilines is 1. The molecule has 10 heteroatoms. The van der Waals surface area contributed by atoms with Crippen LogP contribution in [-0.4, -0.2) is 11.9 Å². The Bertz CT molecular complexity index is 664. The minimum absolute atomic E-state index is 0.0583. The van der Waals surface area contributed by atoms with Crippen molar-refractivity contribution in [2.24, 2.45) is 17.6 Å². The van der Waals surface area contributed by atoms with Crippen LogP contribution < -0.4 is 11.1 Å². The van der Waals surface area contributed by atoms with E-state index < -0.39 is 44.5 Å². The largest absolute Gasteiger partial charge is 0.327 e. The molecular formula is C16H24F6N2OS. The lowest BCUT2D eigenvalue weighted by Gasteiger charge is -2.40. The Morgan fingerprint density at radius 1 is 1.15 bits per heavy atom. The SMILES string of the molecule is CC.C[C@H]1CCCC(C(=O)Nc2ccc(F)c(S(F)(F)(F)(F)F)c2)C1N. The molecule has 1 aromatic rings. The second kappa shape index (κ2) is 6.95. The van der Waals surface area contributed by atoms with Crippen LogP contribution in [0.15, 0.2) is 23.1 Å². The summed E-state index contributed by atoms with van der Waals surface area (Å²) in [5.41, 5.74) is 5.38. The first kappa shape index (κ1) is 22.6. The van der Waals surface area contributed by atoms with Crippen LogP contribution in [0.2, 0.25) is 0 Å². The fourth-order valence-corrected chi connectivity index (χ4v) is 3.65. The van der Waals surface area contributed by atoms with E-state index in [0.29, 0.717) is 6.42 Å². The number of amides is 1. The van der Waals surface area contributed by atoms with E-state index in [1.807, 2.05) is 20.8 Å². The van der Waals surface area contributed by atoms with Crippen molar-refractivity contribution in [3.8, 4) is 0 Å². The minimum atomic E-state index is -10.2. The standard InChI is InChI=1S/C14H18F6N2OS.C2H6/c1-8-3-2-4-10(13(8)21)14(23)22-9-5-6-11(15)12(7-9)24(16,17,18,19)20;1-2/h5-8,10,13H,2-4,21H2,1H3,(H,22,23);1-2H3/t8-,10?,13?;/m0./s1. The smallest absolute Gasteiger partial charge is 0.313 e. The Hall–Kier alpha value is -1.42. The molecule has 0 saturated heterocycles. The van der Waals surface area contributed by atoms with E-state index >= 15 is 0 Å². The van der Waals surface area contributed by atoms with Gasteiger partial charge in [-0.1, -0.05) is 46.6 Å². The van der Waals surface area contributed by atoms with Gasteiger partial charge in [0.05, 0.1) is 5.92 Å². The summed E-state index contributed by atoms with van der Waals surface area (Å²) in [5.74, 6) is -3.32. The van der Waals surface area contributed by atoms with Crippen molar-refractivity contribution in [1.29, 1.82) is 0 Å². The van der Waals surface area contributed by atoms with Crippen LogP contribution in [-0.2, 0) is 4.79 Å². The zero-order valence-electron chi connectivity index (χ0n) is 14.7. The summed E-state index contributed by atoms with van der Waals surface area (Å²) in [6.07, 6.45) is 2.01. The molecule has 0 aromatic heterocycles. The third kappa shape index (κ3) is 5.54. The van der Waals surface area contributed by atoms with Gasteiger partial charge in [0.2, 0.25) is 5.91 Å². The van der Waals surface area contributed by atoms with E-state index in [9.17, 15) is 28.6 Å². The number of benzene rings is 1. The second-order valence-corrected chi connectivity index (χ2v) is 8.57. The Kier molecular flexibility index (Phi) is 6.05. The summed E-state index contributed by atoms with van der Waals surface area (Å²) in [6.45, 7) is 5.86. The average molecular weight is 406 g/mol. The van der Waals surface area contributed by atoms with Gasteiger partial charge in [0, 0.05) is 11.7 Å². The molecule has 1 aliphatic carbocycles. The highest BCUT2D eigenvalue weighted by atomic mass is 32.5. The molecule has 0 heterocycles. The molecule has 3 atom stereocenters. The van der Waals surface area contributed by atoms with Gasteiger partial charge in [-0.15, -0.1) is 0 Å². The molecule has 1 aliphatic rings. The predicted molar refractivity (Wildman–Crippen MR) is 92.3 cm³/mol. The van der Waals surface area contributed by atoms with Gasteiger partial charge >= 0.3 is 10.2 Å². The molecule has 0 aliphatic heterocycles. The van der Waals surface area contributed by atoms with Crippen LogP contribution in [0.3, 0.4) is 0 Å². The summed E-state index contributed by atoms with van der Waals surface area (Å²) >= 11 is 0. The topological polar surface area (TPSA) is 55.1 Å². The maximum atomic E-state index is 13.3. The molecule has 1 aromatic carbocycles. The Balaban J connectivity index is 0.00000163. The van der Waals surface area contributed by atoms with Crippen LogP contribution in [0.1, 0.15) is 40.0 Å². The fourth-order valence-electron chi connectivity index (χ4n) is 2.86. The van der Waals surface area contributed by atoms with Crippen molar-refractivity contribution in [2.75, 3.05) is 5.32 Å². The number of halogens is 6. The molecule has 0 spiro atoms. The summed E-state index contributed by atoms with van der Waals surface area (Å²) in [4.78, 5) is 9.54. The van der Waals surface area contributed by atoms with Crippen molar-refractivity contribution in [1.82, 2.24) is 0 Å². The van der Waals surface area contributed by atoms with Gasteiger partial charge in [-0.25, -0.2) is 4.39 Å². The number of rotatable bonds is 3. The lowest BCUT2D eigenvalue weighted by Crippen LogP contribution is -2.45. The number of nitrogens with two attached hydrogens (primary N) is 1. The van der Waals surface area contributed by atoms with Crippen LogP contribution in [0, 0.1) is 17.7 Å². The summed E-state index contributed by atoms with van der Waals surface area (Å²) in [5, 5.41) is 2.14. The Morgan fingerprint density at radius 3 is 2.27 bits per heavy atom. The van der Waals surface area contributed by atoms with Gasteiger partial charge < -0.3 is 11.1 Å². The number of carbonyl (C=O) groups excluding carboxylic acids is 1. The average Bonchev–Trinajstić information content (AvgIpc) is 2.51. The number of carbonyl (C=O) groups is 1. The van der Waals surface area contributed by atoms with Crippen molar-refractivity contribution in [2.45, 2.75) is 51.0 Å². The summed E-state index contributed by atoms with van der Waals surface area (Å²) < 4.78 is 77.4. The van der Waals surface area contributed by atoms with E-state index in [1.165, 1.54) is 0 Å². The molecule has 3 N–H and O–H groups in total. The minimum Gasteiger partial charge on any atom is -0.327 e. The molecule has 1 amide bonds. The van der Waals surface area contributed by atoms with Crippen LogP contribution >= 0.6 is 10.2 Å². The van der Waals surface area contributed by atoms with Gasteiger partial charge in [0.15, 0.2) is 0 Å². The first-order chi connectivity index (χ1) is 11.7. The normalized spacial score (nSPS) is 26.0. The summed E-state index contributed by atoms with van der Waals surface area (Å²) in [6, 6.07) is 0.505. The molecule has 0 bridgehead atoms. The zero-order chi connectivity index (χ0) is 20.4. The lowest BCUT2D eigenvalue weighted by molar-refractivity contribution is -0.121. The van der Waals surface area contributed by atoms with Gasteiger partial charge in [-0.2, -0.15) is 0 Å². The van der Waals surface area contributed by atoms with Crippen LogP contribution in [0.25, 0.3) is 0 Å². The molecule has 3 nitrogen and oxygen atoms in total. The molecule has 2 rings (SSSR count). The molecule has 2 unspecified atom stereocenters. The molecule has 152 valence electrons. The van der Waals surface area contributed by atoms with Gasteiger partial charge in [-0.05, 0) is 37.0 Å². The summed E-state index contributed by atoms with van der Waals surface area (Å²) in [7, 11) is -10.2. The van der Waals surface area contributed by atoms with E-state index in [0.717, 1.165) is 18.9 Å². The van der Waals surface area contributed by atoms with Crippen molar-refractivity contribution in [3.05, 3.63) is 24.0 Å². The fraction of sp³-hybridized carbons (Fsp3) is 0.562.